The Labute approximate surface area is 405 Å². The number of fused-ring (bicyclic) bond motifs is 1. The Hall–Kier alpha value is -6.89. The summed E-state index contributed by atoms with van der Waals surface area (Å²) < 4.78 is 16.5. The van der Waals surface area contributed by atoms with Crippen molar-refractivity contribution in [1.29, 1.82) is 5.26 Å². The Morgan fingerprint density at radius 3 is 2.42 bits per heavy atom. The van der Waals surface area contributed by atoms with E-state index in [1.165, 1.54) is 33.8 Å². The molecule has 9 rings (SSSR count). The largest absolute Gasteiger partial charge is 0.391 e. The molecule has 4 N–H and O–H groups in total. The number of halogens is 1. The van der Waals surface area contributed by atoms with Crippen LogP contribution in [0.3, 0.4) is 0 Å². The van der Waals surface area contributed by atoms with Gasteiger partial charge in [0.15, 0.2) is 10.7 Å². The number of piperazine rings is 1. The maximum Gasteiger partial charge on any atom is 0.258 e. The maximum atomic E-state index is 14.8. The molecule has 3 fully saturated rings. The van der Waals surface area contributed by atoms with Crippen LogP contribution in [0, 0.1) is 23.7 Å². The van der Waals surface area contributed by atoms with Gasteiger partial charge in [0, 0.05) is 58.1 Å². The van der Waals surface area contributed by atoms with E-state index in [0.717, 1.165) is 38.6 Å². The molecular formula is C48H52FN13O5S2. The number of hydrogen-bond donors (Lipinski definition) is 4. The van der Waals surface area contributed by atoms with Gasteiger partial charge in [-0.1, -0.05) is 56.4 Å². The van der Waals surface area contributed by atoms with E-state index in [2.05, 4.69) is 47.2 Å². The molecule has 1 saturated carbocycles. The summed E-state index contributed by atoms with van der Waals surface area (Å²) in [6.07, 6.45) is 2.27. The number of nitrogens with one attached hydrogen (secondary N) is 3. The highest BCUT2D eigenvalue weighted by molar-refractivity contribution is 7.18. The Morgan fingerprint density at radius 1 is 1.00 bits per heavy atom. The number of nitrogens with zero attached hydrogens (tertiary/aromatic N) is 10. The second kappa shape index (κ2) is 18.9. The third-order valence-corrected chi connectivity index (χ3v) is 15.0. The molecule has 0 radical (unpaired) electrons. The highest BCUT2D eigenvalue weighted by Crippen LogP contribution is 2.41. The zero-order valence-corrected chi connectivity index (χ0v) is 40.4. The molecule has 1 aromatic carbocycles. The number of benzene rings is 1. The molecule has 4 amide bonds. The van der Waals surface area contributed by atoms with Crippen molar-refractivity contribution in [3.05, 3.63) is 83.3 Å². The standard InChI is InChI=1S/C48H52FN13O5S2/c1-27-40(68-26-53-27)30-8-6-29(7-9-30)34(55-42(65)38-19-32(63)25-61(38)44(66)41(47(2,3)4)56-45(67)48(49)12-13-48)21-39(64)59-14-16-60(17-15-59)46-58-57-43(69-46)33-24-52-36(20-35(33)51-5)37-11-10-31-18-28(22-50)23-54-62(31)37/h6-11,18,20,23-24,26,32,34,38,41,63H,12-17,19,21,25H2,1-5H3,(H,51,52)(H,55,65)(H,56,67)/t32-,34+,38+,41-/m1/s1. The van der Waals surface area contributed by atoms with Gasteiger partial charge in [-0.15, -0.1) is 21.5 Å². The number of carbonyl (C=O) groups is 4. The van der Waals surface area contributed by atoms with Gasteiger partial charge in [-0.25, -0.2) is 13.9 Å². The molecule has 1 aliphatic carbocycles. The smallest absolute Gasteiger partial charge is 0.258 e. The van der Waals surface area contributed by atoms with Crippen LogP contribution in [-0.2, 0) is 19.2 Å². The van der Waals surface area contributed by atoms with Crippen molar-refractivity contribution in [2.24, 2.45) is 5.41 Å². The first kappa shape index (κ1) is 47.2. The fourth-order valence-electron chi connectivity index (χ4n) is 8.81. The number of aliphatic hydroxyl groups excluding tert-OH is 1. The average molecular weight is 974 g/mol. The molecule has 5 aromatic heterocycles. The molecule has 2 saturated heterocycles. The number of β-amino-alcohol motifs (C(OH)–C–C–N with tert-alkyl or cyclic N) is 1. The van der Waals surface area contributed by atoms with Gasteiger partial charge in [-0.05, 0) is 60.6 Å². The van der Waals surface area contributed by atoms with Gasteiger partial charge in [0.1, 0.15) is 18.2 Å². The van der Waals surface area contributed by atoms with E-state index in [0.29, 0.717) is 53.1 Å². The van der Waals surface area contributed by atoms with E-state index in [1.807, 2.05) is 56.4 Å². The van der Waals surface area contributed by atoms with Gasteiger partial charge < -0.3 is 35.8 Å². The van der Waals surface area contributed by atoms with Gasteiger partial charge in [-0.3, -0.25) is 24.2 Å². The zero-order valence-electron chi connectivity index (χ0n) is 38.8. The van der Waals surface area contributed by atoms with E-state index < -0.39 is 53.0 Å². The summed E-state index contributed by atoms with van der Waals surface area (Å²) in [5, 5.41) is 43.9. The molecule has 358 valence electrons. The number of thiazole rings is 1. The predicted octanol–water partition coefficient (Wildman–Crippen LogP) is 5.15. The maximum absolute atomic E-state index is 14.8. The fraction of sp³-hybridized carbons (Fsp3) is 0.417. The number of carbonyl (C=O) groups excluding carboxylic acids is 4. The first-order valence-corrected chi connectivity index (χ1v) is 24.4. The highest BCUT2D eigenvalue weighted by atomic mass is 32.1. The quantitative estimate of drug-likeness (QED) is 0.118. The van der Waals surface area contributed by atoms with Crippen molar-refractivity contribution in [3.63, 3.8) is 0 Å². The highest BCUT2D eigenvalue weighted by Gasteiger charge is 2.53. The third kappa shape index (κ3) is 9.73. The van der Waals surface area contributed by atoms with Crippen molar-refractivity contribution in [2.45, 2.75) is 83.3 Å². The topological polar surface area (TPSA) is 227 Å². The van der Waals surface area contributed by atoms with Crippen LogP contribution in [0.4, 0.5) is 15.2 Å². The SMILES string of the molecule is CNc1cc(-c2ccc3cc(C#N)cnn23)ncc1-c1nnc(N2CCN(C(=O)C[C@H](NC(=O)[C@@H]3C[C@@H](O)CN3C(=O)[C@@H](NC(=O)C3(F)CC3)C(C)(C)C)c3ccc(-c4scnc4C)cc3)CC2)s1. The fourth-order valence-corrected chi connectivity index (χ4v) is 10.5. The lowest BCUT2D eigenvalue weighted by molar-refractivity contribution is -0.145. The molecule has 7 heterocycles. The van der Waals surface area contributed by atoms with Crippen molar-refractivity contribution in [1.82, 2.24) is 50.2 Å². The van der Waals surface area contributed by atoms with E-state index >= 15 is 0 Å². The first-order valence-electron chi connectivity index (χ1n) is 22.8. The molecule has 2 aliphatic heterocycles. The lowest BCUT2D eigenvalue weighted by Crippen LogP contribution is -2.59. The van der Waals surface area contributed by atoms with E-state index in [4.69, 9.17) is 4.98 Å². The minimum Gasteiger partial charge on any atom is -0.391 e. The van der Waals surface area contributed by atoms with E-state index in [-0.39, 0.29) is 38.1 Å². The second-order valence-corrected chi connectivity index (χ2v) is 20.6. The first-order chi connectivity index (χ1) is 33.0. The zero-order chi connectivity index (χ0) is 48.8. The van der Waals surface area contributed by atoms with Crippen LogP contribution in [0.25, 0.3) is 37.9 Å². The van der Waals surface area contributed by atoms with Gasteiger partial charge in [-0.2, -0.15) is 10.4 Å². The van der Waals surface area contributed by atoms with Crippen LogP contribution in [0.2, 0.25) is 0 Å². The van der Waals surface area contributed by atoms with Crippen LogP contribution in [0.1, 0.15) is 69.3 Å². The van der Waals surface area contributed by atoms with Gasteiger partial charge in [0.25, 0.3) is 5.91 Å². The molecule has 0 unspecified atom stereocenters. The Balaban J connectivity index is 0.886. The van der Waals surface area contributed by atoms with Crippen molar-refractivity contribution in [3.8, 4) is 38.5 Å². The van der Waals surface area contributed by atoms with Crippen molar-refractivity contribution in [2.75, 3.05) is 50.0 Å². The van der Waals surface area contributed by atoms with Crippen LogP contribution in [-0.4, -0.2) is 132 Å². The molecule has 3 aliphatic rings. The molecule has 0 spiro atoms. The summed E-state index contributed by atoms with van der Waals surface area (Å²) in [6.45, 7) is 8.78. The predicted molar refractivity (Wildman–Crippen MR) is 259 cm³/mol. The Morgan fingerprint density at radius 2 is 1.75 bits per heavy atom. The van der Waals surface area contributed by atoms with Crippen LogP contribution < -0.4 is 20.9 Å². The molecule has 21 heteroatoms. The lowest BCUT2D eigenvalue weighted by Gasteiger charge is -2.36. The summed E-state index contributed by atoms with van der Waals surface area (Å²) in [4.78, 5) is 70.8. The molecule has 69 heavy (non-hydrogen) atoms. The van der Waals surface area contributed by atoms with Gasteiger partial charge in [0.05, 0.1) is 68.9 Å². The second-order valence-electron chi connectivity index (χ2n) is 18.8. The Kier molecular flexibility index (Phi) is 12.9. The number of amides is 4. The number of aryl methyl sites for hydroxylation is 1. The van der Waals surface area contributed by atoms with Gasteiger partial charge in [0.2, 0.25) is 22.9 Å². The van der Waals surface area contributed by atoms with Crippen molar-refractivity contribution >= 4 is 62.6 Å². The number of nitriles is 1. The average Bonchev–Trinajstić information content (AvgIpc) is 3.83. The lowest BCUT2D eigenvalue weighted by atomic mass is 9.85. The third-order valence-electron chi connectivity index (χ3n) is 13.0. The van der Waals surface area contributed by atoms with Gasteiger partial charge >= 0.3 is 0 Å². The normalized spacial score (nSPS) is 18.7. The molecule has 0 bridgehead atoms. The van der Waals surface area contributed by atoms with Crippen LogP contribution >= 0.6 is 22.7 Å². The molecule has 18 nitrogen and oxygen atoms in total. The van der Waals surface area contributed by atoms with Crippen molar-refractivity contribution < 1.29 is 28.7 Å². The summed E-state index contributed by atoms with van der Waals surface area (Å²) in [5.41, 5.74) is 5.69. The van der Waals surface area contributed by atoms with Crippen LogP contribution in [0.5, 0.6) is 0 Å². The van der Waals surface area contributed by atoms with E-state index in [9.17, 15) is 33.9 Å². The number of alkyl halides is 1. The molecule has 4 atom stereocenters. The minimum absolute atomic E-state index is 0.0538. The summed E-state index contributed by atoms with van der Waals surface area (Å²) >= 11 is 2.93. The number of hydrogen-bond acceptors (Lipinski definition) is 15. The molecular weight excluding hydrogens is 922 g/mol. The number of pyridine rings is 1. The number of likely N-dealkylation sites (tertiary alicyclic amines) is 1. The number of aliphatic hydroxyl groups is 1. The summed E-state index contributed by atoms with van der Waals surface area (Å²) in [6, 6.07) is 14.1. The number of aromatic nitrogens is 6. The molecule has 6 aromatic rings. The van der Waals surface area contributed by atoms with E-state index in [1.54, 1.807) is 48.0 Å². The number of rotatable bonds is 13. The minimum atomic E-state index is -2.01. The van der Waals surface area contributed by atoms with Crippen LogP contribution in [0.15, 0.2) is 66.4 Å². The Bertz CT molecular complexity index is 2970. The summed E-state index contributed by atoms with van der Waals surface area (Å²) in [7, 11) is 1.82. The monoisotopic (exact) mass is 973 g/mol. The summed E-state index contributed by atoms with van der Waals surface area (Å²) in [5.74, 6) is -2.20. The number of anilines is 2.